The van der Waals surface area contributed by atoms with Crippen molar-refractivity contribution in [3.63, 3.8) is 0 Å². The Labute approximate surface area is 694 Å². The van der Waals surface area contributed by atoms with Crippen molar-refractivity contribution in [1.29, 1.82) is 0 Å². The lowest BCUT2D eigenvalue weighted by Gasteiger charge is -2.33. The summed E-state index contributed by atoms with van der Waals surface area (Å²) in [5, 5.41) is 7.58. The zero-order valence-corrected chi connectivity index (χ0v) is 68.0. The number of morpholine rings is 1. The largest absolute Gasteiger partial charge is 0.450 e. The molecule has 5 amide bonds. The normalized spacial score (nSPS) is 14.5. The lowest BCUT2D eigenvalue weighted by Crippen LogP contribution is -2.50. The van der Waals surface area contributed by atoms with E-state index in [1.54, 1.807) is 104 Å². The van der Waals surface area contributed by atoms with Crippen LogP contribution in [0.2, 0.25) is 40.2 Å². The Balaban J connectivity index is 0.000000132. The summed E-state index contributed by atoms with van der Waals surface area (Å²) in [7, 11) is 0. The van der Waals surface area contributed by atoms with Gasteiger partial charge in [0.25, 0.3) is 23.6 Å². The molecule has 12 heterocycles. The van der Waals surface area contributed by atoms with Crippen LogP contribution in [0.5, 0.6) is 0 Å². The summed E-state index contributed by atoms with van der Waals surface area (Å²) in [5.41, 5.74) is 38.7. The number of amides is 5. The first kappa shape index (κ1) is 82.2. The van der Waals surface area contributed by atoms with Gasteiger partial charge in [-0.3, -0.25) is 36.8 Å². The van der Waals surface area contributed by atoms with E-state index < -0.39 is 0 Å². The Morgan fingerprint density at radius 1 is 0.389 bits per heavy atom. The Hall–Kier alpha value is -8.78. The van der Waals surface area contributed by atoms with E-state index in [1.807, 2.05) is 104 Å². The van der Waals surface area contributed by atoms with E-state index in [2.05, 4.69) is 25.3 Å². The zero-order valence-electron chi connectivity index (χ0n) is 61.1. The summed E-state index contributed by atoms with van der Waals surface area (Å²) >= 11 is 51.7. The molecule has 4 aliphatic rings. The van der Waals surface area contributed by atoms with Crippen molar-refractivity contribution in [3.8, 4) is 44.5 Å². The van der Waals surface area contributed by atoms with Gasteiger partial charge in [-0.1, -0.05) is 117 Å². The van der Waals surface area contributed by atoms with E-state index in [-0.39, 0.29) is 36.3 Å². The Morgan fingerprint density at radius 2 is 0.673 bits per heavy atom. The molecule has 34 heteroatoms. The third kappa shape index (κ3) is 18.3. The van der Waals surface area contributed by atoms with Gasteiger partial charge in [0.15, 0.2) is 0 Å². The summed E-state index contributed by atoms with van der Waals surface area (Å²) in [6.07, 6.45) is 13.5. The van der Waals surface area contributed by atoms with Gasteiger partial charge in [-0.15, -0.1) is 0 Å². The van der Waals surface area contributed by atoms with Gasteiger partial charge in [0.2, 0.25) is 0 Å². The van der Waals surface area contributed by atoms with Crippen molar-refractivity contribution in [2.45, 2.75) is 33.1 Å². The SMILES string of the molecule is CCOC(=O)N1CCN(C(=O)c2cnc3cc(CN)c(-c4ccc(Cl)cc4Cl)cn23)CC1.NCc1cc2ncc(C(=O)N3CCNCC3)n2cc1-c1ccc(Cl)cc1Cl.NCc1cc2ncc(C(=O)N3CCOCC3)n2cc1-c1ccc(Cl)cc1Cl.NCc1cc2ncc(C(=O)N3CCSCC3)n2cc1-c1ccc(Cl)cc1Cl. The van der Waals surface area contributed by atoms with E-state index in [0.717, 1.165) is 104 Å². The fourth-order valence-corrected chi connectivity index (χ4v) is 16.7. The molecule has 4 fully saturated rings. The molecular weight excluding hydrogens is 1630 g/mol. The molecule has 0 unspecified atom stereocenters. The summed E-state index contributed by atoms with van der Waals surface area (Å²) in [5.74, 6) is 1.67. The number of halogens is 8. The number of piperazine rings is 2. The molecule has 0 bridgehead atoms. The maximum atomic E-state index is 13.3. The topological polar surface area (TPSA) is 305 Å². The highest BCUT2D eigenvalue weighted by atomic mass is 35.5. The molecule has 9 N–H and O–H groups in total. The summed E-state index contributed by atoms with van der Waals surface area (Å²) in [6.45, 7) is 11.8. The van der Waals surface area contributed by atoms with E-state index in [9.17, 15) is 24.0 Å². The number of aromatic nitrogens is 8. The monoisotopic (exact) mass is 1700 g/mol. The minimum Gasteiger partial charge on any atom is -0.450 e. The smallest absolute Gasteiger partial charge is 0.409 e. The van der Waals surface area contributed by atoms with Crippen molar-refractivity contribution in [2.75, 3.05) is 110 Å². The predicted octanol–water partition coefficient (Wildman–Crippen LogP) is 13.7. The van der Waals surface area contributed by atoms with Crippen LogP contribution in [0.1, 0.15) is 71.1 Å². The maximum absolute atomic E-state index is 13.3. The fourth-order valence-electron chi connectivity index (χ4n) is 13.7. The Bertz CT molecular complexity index is 5170. The number of carbonyl (C=O) groups excluding carboxylic acids is 5. The van der Waals surface area contributed by atoms with Crippen LogP contribution in [0.4, 0.5) is 4.79 Å². The maximum Gasteiger partial charge on any atom is 0.409 e. The quantitative estimate of drug-likeness (QED) is 0.0716. The van der Waals surface area contributed by atoms with Gasteiger partial charge in [-0.2, -0.15) is 11.8 Å². The number of hydrogen-bond acceptors (Lipinski definition) is 17. The van der Waals surface area contributed by atoms with Crippen molar-refractivity contribution >= 4 is 157 Å². The molecular formula is C79H78Cl8N18O7S. The summed E-state index contributed by atoms with van der Waals surface area (Å²) in [4.78, 5) is 90.5. The van der Waals surface area contributed by atoms with Gasteiger partial charge in [0.05, 0.1) is 44.6 Å². The highest BCUT2D eigenvalue weighted by Crippen LogP contribution is 2.39. The van der Waals surface area contributed by atoms with Crippen molar-refractivity contribution < 1.29 is 33.4 Å². The average molecular weight is 1710 g/mol. The van der Waals surface area contributed by atoms with Crippen LogP contribution in [0.15, 0.2) is 147 Å². The van der Waals surface area contributed by atoms with Crippen molar-refractivity contribution in [2.24, 2.45) is 22.9 Å². The first-order valence-corrected chi connectivity index (χ1v) is 40.4. The van der Waals surface area contributed by atoms with Gasteiger partial charge in [-0.05, 0) is 102 Å². The highest BCUT2D eigenvalue weighted by molar-refractivity contribution is 7.99. The molecule has 4 aromatic carbocycles. The molecule has 0 spiro atoms. The molecule has 12 aromatic rings. The second-order valence-corrected chi connectivity index (χ2v) is 31.1. The van der Waals surface area contributed by atoms with Gasteiger partial charge in [0.1, 0.15) is 45.4 Å². The summed E-state index contributed by atoms with van der Waals surface area (Å²) < 4.78 is 17.5. The number of fused-ring (bicyclic) bond motifs is 4. The first-order chi connectivity index (χ1) is 54.7. The lowest BCUT2D eigenvalue weighted by atomic mass is 10.0. The van der Waals surface area contributed by atoms with E-state index >= 15 is 0 Å². The number of ether oxygens (including phenoxy) is 2. The third-order valence-corrected chi connectivity index (χ3v) is 22.8. The number of nitrogens with one attached hydrogen (secondary N) is 1. The highest BCUT2D eigenvalue weighted by Gasteiger charge is 2.30. The van der Waals surface area contributed by atoms with E-state index in [4.69, 9.17) is 125 Å². The number of rotatable bonds is 13. The van der Waals surface area contributed by atoms with Crippen LogP contribution in [0.3, 0.4) is 0 Å². The molecule has 25 nitrogen and oxygen atoms in total. The van der Waals surface area contributed by atoms with Crippen LogP contribution in [0.25, 0.3) is 67.1 Å². The molecule has 4 aliphatic heterocycles. The number of nitrogens with zero attached hydrogens (tertiary/aromatic N) is 13. The number of carbonyl (C=O) groups is 5. The van der Waals surface area contributed by atoms with Crippen molar-refractivity contribution in [1.82, 2.24) is 67.4 Å². The fraction of sp³-hybridized carbons (Fsp3) is 0.278. The molecule has 0 atom stereocenters. The Morgan fingerprint density at radius 3 is 0.965 bits per heavy atom. The predicted molar refractivity (Wildman–Crippen MR) is 447 cm³/mol. The van der Waals surface area contributed by atoms with Crippen LogP contribution in [0, 0.1) is 0 Å². The van der Waals surface area contributed by atoms with E-state index in [0.29, 0.717) is 177 Å². The molecule has 113 heavy (non-hydrogen) atoms. The zero-order chi connectivity index (χ0) is 79.7. The second kappa shape index (κ2) is 37.2. The Kier molecular flexibility index (Phi) is 27.1. The van der Waals surface area contributed by atoms with Crippen LogP contribution in [-0.2, 0) is 35.7 Å². The number of thioether (sulfide) groups is 1. The lowest BCUT2D eigenvalue weighted by molar-refractivity contribution is 0.0298. The standard InChI is InChI=1S/C22H23Cl2N5O3.C19H19Cl2N5O.C19H18Cl2N4O2.C19H18Cl2N4OS/c1-2-32-22(31)28-7-5-27(6-8-28)21(30)19-12-26-20-9-14(11-25)17(13-29(19)20)16-4-3-15(23)10-18(16)24;20-13-1-2-14(16(21)8-13)15-11-26-17(10-24-18(26)7-12(15)9-22)19(27)25-5-3-23-4-6-25;2*20-13-1-2-14(16(21)8-13)15-11-25-17(10-23-18(25)7-12(15)9-22)19(26)24-3-5-27-6-4-24/h3-4,9-10,12-13H,2,5-8,11,25H2,1H3;1-2,7-8,10-11,23H,3-6,9,22H2;2*1-2,7-8,10-11H,3-6,9,22H2. The van der Waals surface area contributed by atoms with Gasteiger partial charge in [0, 0.05) is 226 Å². The average Bonchev–Trinajstić information content (AvgIpc) is 1.54. The first-order valence-electron chi connectivity index (χ1n) is 36.2. The molecule has 0 saturated carbocycles. The second-order valence-electron chi connectivity index (χ2n) is 26.5. The van der Waals surface area contributed by atoms with Crippen LogP contribution in [-0.4, -0.2) is 202 Å². The van der Waals surface area contributed by atoms with Crippen LogP contribution >= 0.6 is 105 Å². The third-order valence-electron chi connectivity index (χ3n) is 19.7. The van der Waals surface area contributed by atoms with Gasteiger partial charge in [-0.25, -0.2) is 24.7 Å². The number of hydrogen-bond donors (Lipinski definition) is 5. The molecule has 0 radical (unpaired) electrons. The molecule has 4 saturated heterocycles. The number of pyridine rings is 4. The van der Waals surface area contributed by atoms with Crippen molar-refractivity contribution in [3.05, 3.63) is 232 Å². The van der Waals surface area contributed by atoms with Gasteiger partial charge >= 0.3 is 6.09 Å². The summed E-state index contributed by atoms with van der Waals surface area (Å²) in [6, 6.07) is 28.8. The number of imidazole rings is 4. The van der Waals surface area contributed by atoms with E-state index in [1.165, 1.54) is 0 Å². The minimum absolute atomic E-state index is 0.00329. The van der Waals surface area contributed by atoms with Gasteiger partial charge < -0.3 is 62.2 Å². The minimum atomic E-state index is -0.354. The molecule has 0 aliphatic carbocycles. The van der Waals surface area contributed by atoms with Crippen LogP contribution < -0.4 is 28.3 Å². The molecule has 16 rings (SSSR count). The number of nitrogens with two attached hydrogens (primary N) is 4. The molecule has 8 aromatic heterocycles. The number of benzene rings is 4. The molecule has 588 valence electrons.